The molecule has 1 aromatic heterocycles. The lowest BCUT2D eigenvalue weighted by molar-refractivity contribution is -0.183. The first-order valence-corrected chi connectivity index (χ1v) is 8.66. The molecule has 2 rings (SSSR count). The first-order chi connectivity index (χ1) is 11.8. The minimum Gasteiger partial charge on any atom is -0.356 e. The molecule has 1 heterocycles. The number of alkyl halides is 3. The quantitative estimate of drug-likeness (QED) is 0.376. The number of nitrogens with one attached hydrogen (secondary N) is 2. The van der Waals surface area contributed by atoms with Crippen molar-refractivity contribution in [2.75, 3.05) is 13.6 Å². The molecule has 26 heavy (non-hydrogen) atoms. The van der Waals surface area contributed by atoms with Crippen LogP contribution in [0.4, 0.5) is 13.2 Å². The van der Waals surface area contributed by atoms with Crippen LogP contribution in [0.25, 0.3) is 0 Å². The van der Waals surface area contributed by atoms with Crippen molar-refractivity contribution >= 4 is 29.9 Å². The van der Waals surface area contributed by atoms with Gasteiger partial charge in [-0.2, -0.15) is 18.2 Å². The molecule has 0 amide bonds. The lowest BCUT2D eigenvalue weighted by Crippen LogP contribution is -2.47. The van der Waals surface area contributed by atoms with Crippen LogP contribution in [-0.2, 0) is 6.42 Å². The third-order valence-corrected chi connectivity index (χ3v) is 4.33. The second-order valence-corrected chi connectivity index (χ2v) is 6.70. The lowest BCUT2D eigenvalue weighted by Gasteiger charge is -2.31. The molecule has 1 aliphatic carbocycles. The lowest BCUT2D eigenvalue weighted by atomic mass is 9.85. The Kier molecular flexibility index (Phi) is 9.11. The minimum absolute atomic E-state index is 0. The molecule has 0 saturated heterocycles. The molecule has 150 valence electrons. The largest absolute Gasteiger partial charge is 0.391 e. The fourth-order valence-corrected chi connectivity index (χ4v) is 2.90. The highest BCUT2D eigenvalue weighted by atomic mass is 127. The van der Waals surface area contributed by atoms with E-state index in [2.05, 4.69) is 25.8 Å². The third kappa shape index (κ3) is 6.92. The van der Waals surface area contributed by atoms with Gasteiger partial charge >= 0.3 is 6.18 Å². The van der Waals surface area contributed by atoms with Gasteiger partial charge in [-0.15, -0.1) is 24.0 Å². The van der Waals surface area contributed by atoms with E-state index in [-0.39, 0.29) is 48.8 Å². The Bertz CT molecular complexity index is 576. The van der Waals surface area contributed by atoms with E-state index in [4.69, 9.17) is 4.52 Å². The van der Waals surface area contributed by atoms with Gasteiger partial charge in [0.25, 0.3) is 0 Å². The smallest absolute Gasteiger partial charge is 0.356 e. The SMILES string of the molecule is CN=C(NCCc1nc(C(C)C)no1)NC1CCCC(C(F)(F)F)C1.I. The Labute approximate surface area is 168 Å². The molecule has 1 fully saturated rings. The summed E-state index contributed by atoms with van der Waals surface area (Å²) in [7, 11) is 1.60. The molecule has 1 aliphatic rings. The zero-order valence-electron chi connectivity index (χ0n) is 15.3. The molecule has 6 nitrogen and oxygen atoms in total. The molecule has 1 aromatic rings. The van der Waals surface area contributed by atoms with Gasteiger partial charge < -0.3 is 15.2 Å². The topological polar surface area (TPSA) is 75.3 Å². The molecular formula is C16H27F3IN5O. The maximum atomic E-state index is 12.9. The summed E-state index contributed by atoms with van der Waals surface area (Å²) >= 11 is 0. The van der Waals surface area contributed by atoms with Crippen LogP contribution in [-0.4, -0.2) is 41.9 Å². The molecular weight excluding hydrogens is 462 g/mol. The van der Waals surface area contributed by atoms with E-state index in [0.717, 1.165) is 0 Å². The molecule has 10 heteroatoms. The van der Waals surface area contributed by atoms with Crippen LogP contribution in [0.1, 0.15) is 57.2 Å². The zero-order chi connectivity index (χ0) is 18.4. The molecule has 2 unspecified atom stereocenters. The summed E-state index contributed by atoms with van der Waals surface area (Å²) in [6.45, 7) is 4.48. The number of aromatic nitrogens is 2. The van der Waals surface area contributed by atoms with E-state index < -0.39 is 12.1 Å². The highest BCUT2D eigenvalue weighted by Crippen LogP contribution is 2.37. The van der Waals surface area contributed by atoms with Gasteiger partial charge in [-0.25, -0.2) is 0 Å². The number of aliphatic imine (C=N–C) groups is 1. The van der Waals surface area contributed by atoms with Gasteiger partial charge in [-0.1, -0.05) is 25.4 Å². The fraction of sp³-hybridized carbons (Fsp3) is 0.812. The van der Waals surface area contributed by atoms with E-state index >= 15 is 0 Å². The van der Waals surface area contributed by atoms with Crippen molar-refractivity contribution < 1.29 is 17.7 Å². The summed E-state index contributed by atoms with van der Waals surface area (Å²) in [5.41, 5.74) is 0. The number of guanidine groups is 1. The molecule has 0 bridgehead atoms. The van der Waals surface area contributed by atoms with Crippen LogP contribution in [0.5, 0.6) is 0 Å². The Hall–Kier alpha value is -1.07. The summed E-state index contributed by atoms with van der Waals surface area (Å²) in [5.74, 6) is 0.660. The third-order valence-electron chi connectivity index (χ3n) is 4.33. The number of hydrogen-bond donors (Lipinski definition) is 2. The van der Waals surface area contributed by atoms with Gasteiger partial charge in [0.05, 0.1) is 5.92 Å². The Morgan fingerprint density at radius 1 is 1.35 bits per heavy atom. The van der Waals surface area contributed by atoms with Crippen LogP contribution in [0, 0.1) is 5.92 Å². The highest BCUT2D eigenvalue weighted by molar-refractivity contribution is 14.0. The maximum Gasteiger partial charge on any atom is 0.391 e. The summed E-state index contributed by atoms with van der Waals surface area (Å²) < 4.78 is 43.8. The van der Waals surface area contributed by atoms with Crippen molar-refractivity contribution in [2.24, 2.45) is 10.9 Å². The second kappa shape index (κ2) is 10.3. The second-order valence-electron chi connectivity index (χ2n) is 6.70. The van der Waals surface area contributed by atoms with Crippen LogP contribution >= 0.6 is 24.0 Å². The molecule has 2 N–H and O–H groups in total. The van der Waals surface area contributed by atoms with Gasteiger partial charge in [0.15, 0.2) is 11.8 Å². The van der Waals surface area contributed by atoms with E-state index in [9.17, 15) is 13.2 Å². The summed E-state index contributed by atoms with van der Waals surface area (Å²) in [4.78, 5) is 8.36. The van der Waals surface area contributed by atoms with Crippen LogP contribution < -0.4 is 10.6 Å². The summed E-state index contributed by atoms with van der Waals surface area (Å²) in [6, 6.07) is -0.220. The molecule has 1 saturated carbocycles. The van der Waals surface area contributed by atoms with E-state index in [1.165, 1.54) is 0 Å². The van der Waals surface area contributed by atoms with E-state index in [1.54, 1.807) is 7.05 Å². The monoisotopic (exact) mass is 489 g/mol. The van der Waals surface area contributed by atoms with Gasteiger partial charge in [-0.3, -0.25) is 4.99 Å². The summed E-state index contributed by atoms with van der Waals surface area (Å²) in [5, 5.41) is 10.1. The predicted octanol–water partition coefficient (Wildman–Crippen LogP) is 3.64. The number of halogens is 4. The van der Waals surface area contributed by atoms with Crippen molar-refractivity contribution in [3.63, 3.8) is 0 Å². The van der Waals surface area contributed by atoms with Crippen LogP contribution in [0.2, 0.25) is 0 Å². The van der Waals surface area contributed by atoms with Gasteiger partial charge in [-0.05, 0) is 19.3 Å². The van der Waals surface area contributed by atoms with E-state index in [0.29, 0.717) is 43.5 Å². The first kappa shape index (κ1) is 23.0. The number of hydrogen-bond acceptors (Lipinski definition) is 4. The average molecular weight is 489 g/mol. The normalized spacial score (nSPS) is 21.4. The Morgan fingerprint density at radius 2 is 2.08 bits per heavy atom. The molecule has 2 atom stereocenters. The maximum absolute atomic E-state index is 12.9. The van der Waals surface area contributed by atoms with Gasteiger partial charge in [0.2, 0.25) is 5.89 Å². The van der Waals surface area contributed by atoms with Crippen molar-refractivity contribution in [3.8, 4) is 0 Å². The highest BCUT2D eigenvalue weighted by Gasteiger charge is 2.42. The molecule has 0 aromatic carbocycles. The van der Waals surface area contributed by atoms with Gasteiger partial charge in [0, 0.05) is 32.0 Å². The predicted molar refractivity (Wildman–Crippen MR) is 104 cm³/mol. The van der Waals surface area contributed by atoms with E-state index in [1.807, 2.05) is 13.8 Å². The minimum atomic E-state index is -4.12. The summed E-state index contributed by atoms with van der Waals surface area (Å²) in [6.07, 6.45) is -2.01. The molecule has 0 radical (unpaired) electrons. The fourth-order valence-electron chi connectivity index (χ4n) is 2.90. The van der Waals surface area contributed by atoms with Crippen LogP contribution in [0.15, 0.2) is 9.52 Å². The number of rotatable bonds is 5. The van der Waals surface area contributed by atoms with Crippen molar-refractivity contribution in [3.05, 3.63) is 11.7 Å². The molecule has 0 aliphatic heterocycles. The van der Waals surface area contributed by atoms with Crippen LogP contribution in [0.3, 0.4) is 0 Å². The van der Waals surface area contributed by atoms with Crippen molar-refractivity contribution in [2.45, 2.75) is 64.1 Å². The number of nitrogens with zero attached hydrogens (tertiary/aromatic N) is 3. The molecule has 0 spiro atoms. The average Bonchev–Trinajstić information content (AvgIpc) is 3.02. The van der Waals surface area contributed by atoms with Gasteiger partial charge in [0.1, 0.15) is 0 Å². The zero-order valence-corrected chi connectivity index (χ0v) is 17.6. The van der Waals surface area contributed by atoms with Crippen molar-refractivity contribution in [1.82, 2.24) is 20.8 Å². The standard InChI is InChI=1S/C16H26F3N5O.HI/c1-10(2)14-23-13(25-24-14)7-8-21-15(20-3)22-12-6-4-5-11(9-12)16(17,18)19;/h10-12H,4-9H2,1-3H3,(H2,20,21,22);1H. The van der Waals surface area contributed by atoms with Crippen molar-refractivity contribution in [1.29, 1.82) is 0 Å². The first-order valence-electron chi connectivity index (χ1n) is 8.66. The Balaban J connectivity index is 0.00000338. The Morgan fingerprint density at radius 3 is 2.65 bits per heavy atom.